The van der Waals surface area contributed by atoms with Crippen LogP contribution in [0.25, 0.3) is 6.08 Å². The highest BCUT2D eigenvalue weighted by Crippen LogP contribution is 2.29. The van der Waals surface area contributed by atoms with E-state index in [0.717, 1.165) is 35.6 Å². The van der Waals surface area contributed by atoms with Crippen LogP contribution in [-0.4, -0.2) is 28.3 Å². The van der Waals surface area contributed by atoms with Crippen LogP contribution in [0.15, 0.2) is 28.9 Å². The standard InChI is InChI=1S/C14H14Cl2N2OS/c1-3-18(4-2)14-17-12(13(19)20-14)7-9-5-6-10(15)8-11(9)16/h5-8H,3-4H2,1-2H3/b12-7+. The van der Waals surface area contributed by atoms with E-state index >= 15 is 0 Å². The van der Waals surface area contributed by atoms with E-state index in [4.69, 9.17) is 23.2 Å². The van der Waals surface area contributed by atoms with Crippen LogP contribution < -0.4 is 0 Å². The first-order valence-corrected chi connectivity index (χ1v) is 7.85. The van der Waals surface area contributed by atoms with E-state index in [1.807, 2.05) is 18.7 Å². The summed E-state index contributed by atoms with van der Waals surface area (Å²) >= 11 is 13.1. The molecule has 0 unspecified atom stereocenters. The Bertz CT molecular complexity index is 595. The first kappa shape index (κ1) is 15.4. The zero-order valence-corrected chi connectivity index (χ0v) is 13.5. The number of nitrogens with zero attached hydrogens (tertiary/aromatic N) is 2. The molecule has 1 heterocycles. The quantitative estimate of drug-likeness (QED) is 0.775. The maximum Gasteiger partial charge on any atom is 0.245 e. The zero-order chi connectivity index (χ0) is 14.7. The molecule has 3 nitrogen and oxygen atoms in total. The molecule has 0 radical (unpaired) electrons. The van der Waals surface area contributed by atoms with Crippen molar-refractivity contribution in [3.8, 4) is 0 Å². The minimum atomic E-state index is -0.0575. The van der Waals surface area contributed by atoms with Gasteiger partial charge in [0.1, 0.15) is 5.70 Å². The highest BCUT2D eigenvalue weighted by Gasteiger charge is 2.25. The summed E-state index contributed by atoms with van der Waals surface area (Å²) in [7, 11) is 0. The van der Waals surface area contributed by atoms with Crippen molar-refractivity contribution in [1.29, 1.82) is 0 Å². The molecule has 1 aliphatic rings. The van der Waals surface area contributed by atoms with Crippen LogP contribution in [0.1, 0.15) is 19.4 Å². The molecular formula is C14H14Cl2N2OS. The number of benzene rings is 1. The number of aliphatic imine (C=N–C) groups is 1. The van der Waals surface area contributed by atoms with Gasteiger partial charge in [0.2, 0.25) is 5.12 Å². The van der Waals surface area contributed by atoms with E-state index in [9.17, 15) is 4.79 Å². The van der Waals surface area contributed by atoms with Gasteiger partial charge in [0.05, 0.1) is 0 Å². The molecule has 0 fully saturated rings. The lowest BCUT2D eigenvalue weighted by Crippen LogP contribution is -2.27. The third-order valence-corrected chi connectivity index (χ3v) is 4.39. The number of carbonyl (C=O) groups is 1. The monoisotopic (exact) mass is 328 g/mol. The smallest absolute Gasteiger partial charge is 0.245 e. The lowest BCUT2D eigenvalue weighted by molar-refractivity contribution is -0.107. The molecule has 1 aliphatic heterocycles. The minimum absolute atomic E-state index is 0.0575. The first-order valence-electron chi connectivity index (χ1n) is 6.27. The highest BCUT2D eigenvalue weighted by molar-refractivity contribution is 8.27. The molecule has 0 N–H and O–H groups in total. The van der Waals surface area contributed by atoms with Gasteiger partial charge in [0, 0.05) is 23.1 Å². The molecule has 20 heavy (non-hydrogen) atoms. The summed E-state index contributed by atoms with van der Waals surface area (Å²) in [5.74, 6) is 0. The summed E-state index contributed by atoms with van der Waals surface area (Å²) in [6, 6.07) is 5.17. The van der Waals surface area contributed by atoms with Crippen LogP contribution in [0, 0.1) is 0 Å². The molecule has 2 rings (SSSR count). The van der Waals surface area contributed by atoms with Gasteiger partial charge in [0.15, 0.2) is 5.17 Å². The molecule has 6 heteroatoms. The van der Waals surface area contributed by atoms with E-state index in [2.05, 4.69) is 4.99 Å². The topological polar surface area (TPSA) is 32.7 Å². The van der Waals surface area contributed by atoms with Crippen LogP contribution in [0.3, 0.4) is 0 Å². The number of hydrogen-bond donors (Lipinski definition) is 0. The molecule has 0 atom stereocenters. The van der Waals surface area contributed by atoms with Crippen LogP contribution in [0.5, 0.6) is 0 Å². The molecule has 0 spiro atoms. The van der Waals surface area contributed by atoms with E-state index in [1.54, 1.807) is 24.3 Å². The van der Waals surface area contributed by atoms with Crippen molar-refractivity contribution in [1.82, 2.24) is 4.90 Å². The van der Waals surface area contributed by atoms with Crippen molar-refractivity contribution < 1.29 is 4.79 Å². The van der Waals surface area contributed by atoms with Crippen molar-refractivity contribution in [3.05, 3.63) is 39.5 Å². The zero-order valence-electron chi connectivity index (χ0n) is 11.2. The van der Waals surface area contributed by atoms with Gasteiger partial charge in [-0.05, 0) is 49.4 Å². The van der Waals surface area contributed by atoms with Gasteiger partial charge < -0.3 is 4.90 Å². The summed E-state index contributed by atoms with van der Waals surface area (Å²) in [6.45, 7) is 5.72. The highest BCUT2D eigenvalue weighted by atomic mass is 35.5. The van der Waals surface area contributed by atoms with Crippen molar-refractivity contribution in [2.75, 3.05) is 13.1 Å². The van der Waals surface area contributed by atoms with Gasteiger partial charge in [-0.3, -0.25) is 4.79 Å². The van der Waals surface area contributed by atoms with E-state index in [0.29, 0.717) is 15.7 Å². The van der Waals surface area contributed by atoms with Gasteiger partial charge >= 0.3 is 0 Å². The SMILES string of the molecule is CCN(CC)C1=N/C(=C/c2ccc(Cl)cc2Cl)C(=O)S1. The number of rotatable bonds is 3. The van der Waals surface area contributed by atoms with Crippen molar-refractivity contribution in [3.63, 3.8) is 0 Å². The lowest BCUT2D eigenvalue weighted by atomic mass is 10.2. The molecule has 0 saturated carbocycles. The predicted molar refractivity (Wildman–Crippen MR) is 87.4 cm³/mol. The molecule has 0 bridgehead atoms. The Morgan fingerprint density at radius 3 is 2.60 bits per heavy atom. The molecule has 1 aromatic rings. The molecule has 1 aromatic carbocycles. The Hall–Kier alpha value is -0.970. The van der Waals surface area contributed by atoms with Crippen LogP contribution in [-0.2, 0) is 4.79 Å². The van der Waals surface area contributed by atoms with Gasteiger partial charge in [-0.2, -0.15) is 0 Å². The number of hydrogen-bond acceptors (Lipinski definition) is 4. The van der Waals surface area contributed by atoms with Gasteiger partial charge in [0.25, 0.3) is 0 Å². The maximum atomic E-state index is 12.0. The maximum absolute atomic E-state index is 12.0. The van der Waals surface area contributed by atoms with E-state index in [-0.39, 0.29) is 5.12 Å². The second-order valence-electron chi connectivity index (χ2n) is 4.15. The largest absolute Gasteiger partial charge is 0.351 e. The molecule has 0 amide bonds. The van der Waals surface area contributed by atoms with Gasteiger partial charge in [-0.1, -0.05) is 29.3 Å². The lowest BCUT2D eigenvalue weighted by Gasteiger charge is -2.18. The second-order valence-corrected chi connectivity index (χ2v) is 5.94. The number of carbonyl (C=O) groups excluding carboxylic acids is 1. The fourth-order valence-corrected chi connectivity index (χ4v) is 3.16. The first-order chi connectivity index (χ1) is 9.55. The number of amidine groups is 1. The third-order valence-electron chi connectivity index (χ3n) is 2.90. The van der Waals surface area contributed by atoms with E-state index < -0.39 is 0 Å². The fourth-order valence-electron chi connectivity index (χ4n) is 1.79. The van der Waals surface area contributed by atoms with Crippen molar-refractivity contribution >= 4 is 51.3 Å². The van der Waals surface area contributed by atoms with Crippen LogP contribution in [0.4, 0.5) is 0 Å². The van der Waals surface area contributed by atoms with E-state index in [1.165, 1.54) is 0 Å². The average Bonchev–Trinajstić information content (AvgIpc) is 2.76. The summed E-state index contributed by atoms with van der Waals surface area (Å²) in [6.07, 6.45) is 1.70. The number of halogens is 2. The Balaban J connectivity index is 2.32. The molecular weight excluding hydrogens is 315 g/mol. The number of thioether (sulfide) groups is 1. The van der Waals surface area contributed by atoms with Crippen LogP contribution >= 0.6 is 35.0 Å². The third kappa shape index (κ3) is 3.37. The Morgan fingerprint density at radius 1 is 1.30 bits per heavy atom. The normalized spacial score (nSPS) is 16.7. The van der Waals surface area contributed by atoms with Crippen LogP contribution in [0.2, 0.25) is 10.0 Å². The Morgan fingerprint density at radius 2 is 2.00 bits per heavy atom. The average molecular weight is 329 g/mol. The minimum Gasteiger partial charge on any atom is -0.351 e. The summed E-state index contributed by atoms with van der Waals surface area (Å²) < 4.78 is 0. The molecule has 0 saturated heterocycles. The Kier molecular flexibility index (Phi) is 5.13. The predicted octanol–water partition coefficient (Wildman–Crippen LogP) is 4.31. The Labute approximate surface area is 132 Å². The second kappa shape index (κ2) is 6.66. The summed E-state index contributed by atoms with van der Waals surface area (Å²) in [4.78, 5) is 18.4. The van der Waals surface area contributed by atoms with Crippen molar-refractivity contribution in [2.24, 2.45) is 4.99 Å². The summed E-state index contributed by atoms with van der Waals surface area (Å²) in [5.41, 5.74) is 1.16. The van der Waals surface area contributed by atoms with Crippen molar-refractivity contribution in [2.45, 2.75) is 13.8 Å². The molecule has 106 valence electrons. The van der Waals surface area contributed by atoms with Gasteiger partial charge in [-0.25, -0.2) is 4.99 Å². The molecule has 0 aromatic heterocycles. The molecule has 0 aliphatic carbocycles. The summed E-state index contributed by atoms with van der Waals surface area (Å²) in [5, 5.41) is 1.76. The fraction of sp³-hybridized carbons (Fsp3) is 0.286. The van der Waals surface area contributed by atoms with Gasteiger partial charge in [-0.15, -0.1) is 0 Å².